The van der Waals surface area contributed by atoms with E-state index < -0.39 is 10.0 Å². The van der Waals surface area contributed by atoms with Gasteiger partial charge in [-0.15, -0.1) is 22.7 Å². The van der Waals surface area contributed by atoms with Gasteiger partial charge in [0.15, 0.2) is 5.82 Å². The second-order valence-corrected chi connectivity index (χ2v) is 10.4. The summed E-state index contributed by atoms with van der Waals surface area (Å²) >= 11 is 2.77. The van der Waals surface area contributed by atoms with E-state index in [1.165, 1.54) is 10.9 Å². The number of sulfonamides is 1. The van der Waals surface area contributed by atoms with Crippen LogP contribution >= 0.6 is 22.7 Å². The summed E-state index contributed by atoms with van der Waals surface area (Å²) in [6.07, 6.45) is 3.44. The van der Waals surface area contributed by atoms with E-state index in [2.05, 4.69) is 24.1 Å². The Bertz CT molecular complexity index is 1260. The fourth-order valence-corrected chi connectivity index (χ4v) is 5.53. The summed E-state index contributed by atoms with van der Waals surface area (Å²) in [5.74, 6) is 1.32. The Morgan fingerprint density at radius 1 is 1.14 bits per heavy atom. The van der Waals surface area contributed by atoms with Crippen LogP contribution in [0, 0.1) is 13.8 Å². The first-order chi connectivity index (χ1) is 13.3. The first-order valence-corrected chi connectivity index (χ1v) is 11.5. The van der Waals surface area contributed by atoms with E-state index in [9.17, 15) is 8.42 Å². The quantitative estimate of drug-likeness (QED) is 0.498. The molecule has 4 heterocycles. The van der Waals surface area contributed by atoms with E-state index in [1.807, 2.05) is 12.1 Å². The van der Waals surface area contributed by atoms with Crippen molar-refractivity contribution >= 4 is 48.7 Å². The van der Waals surface area contributed by atoms with Crippen molar-refractivity contribution < 1.29 is 8.42 Å². The summed E-state index contributed by atoms with van der Waals surface area (Å²) in [5, 5.41) is 9.52. The molecule has 144 valence electrons. The smallest absolute Gasteiger partial charge is 0.247 e. The molecule has 28 heavy (non-hydrogen) atoms. The van der Waals surface area contributed by atoms with E-state index in [1.54, 1.807) is 29.8 Å². The lowest BCUT2D eigenvalue weighted by Crippen LogP contribution is -2.09. The molecule has 4 aromatic heterocycles. The summed E-state index contributed by atoms with van der Waals surface area (Å²) in [4.78, 5) is 16.5. The molecule has 0 radical (unpaired) electrons. The minimum absolute atomic E-state index is 0.149. The number of nitrogens with two attached hydrogens (primary N) is 1. The minimum atomic E-state index is -3.69. The van der Waals surface area contributed by atoms with Crippen LogP contribution in [0.5, 0.6) is 0 Å². The number of hydrogen-bond acceptors (Lipinski definition) is 8. The largest absolute Gasteiger partial charge is 0.365 e. The Morgan fingerprint density at radius 2 is 1.96 bits per heavy atom. The van der Waals surface area contributed by atoms with Crippen LogP contribution in [0.15, 0.2) is 40.9 Å². The van der Waals surface area contributed by atoms with Gasteiger partial charge in [0.05, 0.1) is 11.9 Å². The number of nitrogens with one attached hydrogen (secondary N) is 1. The summed E-state index contributed by atoms with van der Waals surface area (Å²) in [5.41, 5.74) is 1.97. The molecule has 0 fully saturated rings. The zero-order valence-corrected chi connectivity index (χ0v) is 17.6. The van der Waals surface area contributed by atoms with Gasteiger partial charge in [-0.25, -0.2) is 23.5 Å². The highest BCUT2D eigenvalue weighted by molar-refractivity contribution is 7.91. The van der Waals surface area contributed by atoms with Gasteiger partial charge in [-0.2, -0.15) is 0 Å². The van der Waals surface area contributed by atoms with Gasteiger partial charge in [0.1, 0.15) is 14.9 Å². The standard InChI is InChI=1S/C18H17N5O2S3/c1-10-11(2)26-18-15(10)17(22-16(23-18)12-4-3-7-20-8-12)21-9-13-5-6-14(27-13)28(19,24)25/h3-8H,9H2,1-2H3,(H2,19,24,25)(H,21,22,23). The number of rotatable bonds is 5. The van der Waals surface area contributed by atoms with Crippen molar-refractivity contribution in [3.63, 3.8) is 0 Å². The van der Waals surface area contributed by atoms with Gasteiger partial charge in [-0.3, -0.25) is 4.98 Å². The molecule has 3 N–H and O–H groups in total. The predicted molar refractivity (Wildman–Crippen MR) is 113 cm³/mol. The highest BCUT2D eigenvalue weighted by Gasteiger charge is 2.16. The molecule has 0 atom stereocenters. The topological polar surface area (TPSA) is 111 Å². The second-order valence-electron chi connectivity index (χ2n) is 6.22. The zero-order chi connectivity index (χ0) is 19.9. The Kier molecular flexibility index (Phi) is 4.88. The summed E-state index contributed by atoms with van der Waals surface area (Å²) in [6, 6.07) is 7.04. The van der Waals surface area contributed by atoms with Gasteiger partial charge in [-0.05, 0) is 43.7 Å². The fraction of sp³-hybridized carbons (Fsp3) is 0.167. The molecule has 0 saturated carbocycles. The predicted octanol–water partition coefficient (Wildman–Crippen LogP) is 3.69. The van der Waals surface area contributed by atoms with E-state index in [0.29, 0.717) is 12.4 Å². The first-order valence-electron chi connectivity index (χ1n) is 8.36. The molecule has 0 aliphatic heterocycles. The van der Waals surface area contributed by atoms with E-state index in [0.717, 1.165) is 43.4 Å². The second kappa shape index (κ2) is 7.21. The number of aromatic nitrogens is 3. The van der Waals surface area contributed by atoms with Gasteiger partial charge in [0.2, 0.25) is 10.0 Å². The van der Waals surface area contributed by atoms with Crippen LogP contribution in [0.1, 0.15) is 15.3 Å². The highest BCUT2D eigenvalue weighted by Crippen LogP contribution is 2.35. The van der Waals surface area contributed by atoms with Crippen LogP contribution in [-0.4, -0.2) is 23.4 Å². The Morgan fingerprint density at radius 3 is 2.64 bits per heavy atom. The van der Waals surface area contributed by atoms with Crippen molar-refractivity contribution in [2.45, 2.75) is 24.6 Å². The Hall–Kier alpha value is -2.40. The normalized spacial score (nSPS) is 11.8. The first kappa shape index (κ1) is 18.9. The minimum Gasteiger partial charge on any atom is -0.365 e. The van der Waals surface area contributed by atoms with Crippen molar-refractivity contribution in [3.8, 4) is 11.4 Å². The van der Waals surface area contributed by atoms with Gasteiger partial charge in [0, 0.05) is 27.7 Å². The molecule has 7 nitrogen and oxygen atoms in total. The maximum absolute atomic E-state index is 11.5. The molecule has 0 spiro atoms. The third kappa shape index (κ3) is 3.63. The summed E-state index contributed by atoms with van der Waals surface area (Å²) in [6.45, 7) is 4.55. The average molecular weight is 432 g/mol. The van der Waals surface area contributed by atoms with Crippen molar-refractivity contribution in [1.29, 1.82) is 0 Å². The molecule has 0 saturated heterocycles. The third-order valence-corrected chi connectivity index (χ3v) is 7.92. The van der Waals surface area contributed by atoms with Crippen LogP contribution < -0.4 is 10.5 Å². The molecule has 0 aromatic carbocycles. The average Bonchev–Trinajstić information content (AvgIpc) is 3.25. The number of primary sulfonamides is 1. The lowest BCUT2D eigenvalue weighted by Gasteiger charge is -2.09. The number of pyridine rings is 1. The van der Waals surface area contributed by atoms with Crippen LogP contribution in [0.3, 0.4) is 0 Å². The number of anilines is 1. The lowest BCUT2D eigenvalue weighted by molar-refractivity contribution is 0.600. The fourth-order valence-electron chi connectivity index (χ4n) is 2.78. The van der Waals surface area contributed by atoms with Gasteiger partial charge >= 0.3 is 0 Å². The summed E-state index contributed by atoms with van der Waals surface area (Å²) < 4.78 is 23.1. The number of nitrogens with zero attached hydrogens (tertiary/aromatic N) is 3. The van der Waals surface area contributed by atoms with Crippen LogP contribution in [-0.2, 0) is 16.6 Å². The molecule has 4 aromatic rings. The number of hydrogen-bond donors (Lipinski definition) is 2. The van der Waals surface area contributed by atoms with E-state index >= 15 is 0 Å². The molecule has 0 aliphatic rings. The maximum atomic E-state index is 11.5. The molecule has 0 aliphatic carbocycles. The van der Waals surface area contributed by atoms with Gasteiger partial charge in [0.25, 0.3) is 0 Å². The lowest BCUT2D eigenvalue weighted by atomic mass is 10.2. The van der Waals surface area contributed by atoms with Crippen molar-refractivity contribution in [1.82, 2.24) is 15.0 Å². The van der Waals surface area contributed by atoms with E-state index in [4.69, 9.17) is 15.1 Å². The summed E-state index contributed by atoms with van der Waals surface area (Å²) in [7, 11) is -3.69. The highest BCUT2D eigenvalue weighted by atomic mass is 32.2. The number of aryl methyl sites for hydroxylation is 2. The number of thiophene rings is 2. The monoisotopic (exact) mass is 431 g/mol. The molecule has 0 unspecified atom stereocenters. The SMILES string of the molecule is Cc1sc2nc(-c3cccnc3)nc(NCc3ccc(S(N)(=O)=O)s3)c2c1C. The Labute approximate surface area is 170 Å². The molecule has 0 amide bonds. The van der Waals surface area contributed by atoms with Crippen molar-refractivity contribution in [2.24, 2.45) is 5.14 Å². The Balaban J connectivity index is 1.73. The number of fused-ring (bicyclic) bond motifs is 1. The maximum Gasteiger partial charge on any atom is 0.247 e. The molecule has 4 rings (SSSR count). The van der Waals surface area contributed by atoms with Crippen LogP contribution in [0.2, 0.25) is 0 Å². The molecule has 10 heteroatoms. The zero-order valence-electron chi connectivity index (χ0n) is 15.1. The third-order valence-electron chi connectivity index (χ3n) is 4.30. The van der Waals surface area contributed by atoms with Crippen LogP contribution in [0.4, 0.5) is 5.82 Å². The molecular weight excluding hydrogens is 414 g/mol. The van der Waals surface area contributed by atoms with Crippen molar-refractivity contribution in [2.75, 3.05) is 5.32 Å². The van der Waals surface area contributed by atoms with Gasteiger partial charge in [-0.1, -0.05) is 0 Å². The van der Waals surface area contributed by atoms with Gasteiger partial charge < -0.3 is 5.32 Å². The van der Waals surface area contributed by atoms with E-state index in [-0.39, 0.29) is 4.21 Å². The molecule has 0 bridgehead atoms. The van der Waals surface area contributed by atoms with Crippen molar-refractivity contribution in [3.05, 3.63) is 52.0 Å². The molecular formula is C18H17N5O2S3. The van der Waals surface area contributed by atoms with Crippen LogP contribution in [0.25, 0.3) is 21.6 Å².